The second-order valence-electron chi connectivity index (χ2n) is 4.77. The second kappa shape index (κ2) is 7.72. The Balaban J connectivity index is 2.20. The van der Waals surface area contributed by atoms with Gasteiger partial charge in [0.2, 0.25) is 10.0 Å². The van der Waals surface area contributed by atoms with Crippen molar-refractivity contribution < 1.29 is 13.2 Å². The number of hydrogen-bond acceptors (Lipinski definition) is 3. The molecule has 2 rings (SSSR count). The molecular formula is C15H13Cl3N2O3S. The van der Waals surface area contributed by atoms with Crippen molar-refractivity contribution in [3.63, 3.8) is 0 Å². The van der Waals surface area contributed by atoms with Gasteiger partial charge >= 0.3 is 0 Å². The van der Waals surface area contributed by atoms with Gasteiger partial charge in [-0.1, -0.05) is 40.9 Å². The van der Waals surface area contributed by atoms with Crippen molar-refractivity contribution in [3.05, 3.63) is 62.6 Å². The smallest absolute Gasteiger partial charge is 0.251 e. The summed E-state index contributed by atoms with van der Waals surface area (Å²) in [4.78, 5) is 12.1. The molecule has 0 fully saturated rings. The molecular weight excluding hydrogens is 395 g/mol. The normalized spacial score (nSPS) is 11.3. The fourth-order valence-corrected chi connectivity index (χ4v) is 3.63. The number of carbonyl (C=O) groups excluding carboxylic acids is 1. The lowest BCUT2D eigenvalue weighted by Gasteiger charge is -2.10. The molecule has 0 heterocycles. The summed E-state index contributed by atoms with van der Waals surface area (Å²) in [5.74, 6) is -0.453. The summed E-state index contributed by atoms with van der Waals surface area (Å²) >= 11 is 17.8. The van der Waals surface area contributed by atoms with Gasteiger partial charge in [0.25, 0.3) is 5.91 Å². The average Bonchev–Trinajstić information content (AvgIpc) is 2.54. The van der Waals surface area contributed by atoms with Crippen LogP contribution in [0.4, 0.5) is 0 Å². The number of rotatable bonds is 5. The predicted molar refractivity (Wildman–Crippen MR) is 95.3 cm³/mol. The number of hydrogen-bond donors (Lipinski definition) is 2. The molecule has 0 saturated heterocycles. The molecule has 9 heteroatoms. The van der Waals surface area contributed by atoms with E-state index in [1.165, 1.54) is 25.2 Å². The Hall–Kier alpha value is -1.31. The minimum Gasteiger partial charge on any atom is -0.348 e. The Morgan fingerprint density at radius 2 is 1.75 bits per heavy atom. The number of carbonyl (C=O) groups is 1. The van der Waals surface area contributed by atoms with E-state index in [-0.39, 0.29) is 22.0 Å². The monoisotopic (exact) mass is 406 g/mol. The average molecular weight is 408 g/mol. The van der Waals surface area contributed by atoms with Gasteiger partial charge < -0.3 is 5.32 Å². The number of nitrogens with one attached hydrogen (secondary N) is 2. The van der Waals surface area contributed by atoms with Crippen molar-refractivity contribution in [1.29, 1.82) is 0 Å². The van der Waals surface area contributed by atoms with Crippen molar-refractivity contribution in [3.8, 4) is 0 Å². The molecule has 0 aliphatic heterocycles. The van der Waals surface area contributed by atoms with Gasteiger partial charge in [0.1, 0.15) is 4.90 Å². The summed E-state index contributed by atoms with van der Waals surface area (Å²) < 4.78 is 26.0. The first-order valence-electron chi connectivity index (χ1n) is 6.70. The first kappa shape index (κ1) is 19.0. The largest absolute Gasteiger partial charge is 0.348 e. The Labute approximate surface area is 155 Å². The highest BCUT2D eigenvalue weighted by Gasteiger charge is 2.18. The highest BCUT2D eigenvalue weighted by Crippen LogP contribution is 2.23. The Kier molecular flexibility index (Phi) is 6.11. The van der Waals surface area contributed by atoms with E-state index in [9.17, 15) is 13.2 Å². The van der Waals surface area contributed by atoms with E-state index in [4.69, 9.17) is 34.8 Å². The van der Waals surface area contributed by atoms with E-state index in [1.54, 1.807) is 18.2 Å². The van der Waals surface area contributed by atoms with Gasteiger partial charge in [0.05, 0.1) is 5.02 Å². The molecule has 1 amide bonds. The van der Waals surface area contributed by atoms with Crippen molar-refractivity contribution in [2.45, 2.75) is 11.4 Å². The molecule has 24 heavy (non-hydrogen) atoms. The fraction of sp³-hybridized carbons (Fsp3) is 0.133. The van der Waals surface area contributed by atoms with Gasteiger partial charge in [0, 0.05) is 22.2 Å². The van der Waals surface area contributed by atoms with Crippen molar-refractivity contribution in [1.82, 2.24) is 10.0 Å². The van der Waals surface area contributed by atoms with Gasteiger partial charge in [-0.05, 0) is 42.9 Å². The van der Waals surface area contributed by atoms with Gasteiger partial charge in [0.15, 0.2) is 0 Å². The minimum absolute atomic E-state index is 0.0293. The van der Waals surface area contributed by atoms with E-state index in [0.29, 0.717) is 15.6 Å². The van der Waals surface area contributed by atoms with Crippen molar-refractivity contribution >= 4 is 50.7 Å². The van der Waals surface area contributed by atoms with E-state index >= 15 is 0 Å². The quantitative estimate of drug-likeness (QED) is 0.796. The third-order valence-electron chi connectivity index (χ3n) is 3.21. The summed E-state index contributed by atoms with van der Waals surface area (Å²) in [6.07, 6.45) is 0. The molecule has 0 spiro atoms. The van der Waals surface area contributed by atoms with Crippen LogP contribution in [-0.4, -0.2) is 21.4 Å². The topological polar surface area (TPSA) is 75.3 Å². The number of amides is 1. The number of sulfonamides is 1. The van der Waals surface area contributed by atoms with Crippen molar-refractivity contribution in [2.75, 3.05) is 7.05 Å². The summed E-state index contributed by atoms with van der Waals surface area (Å²) in [5.41, 5.74) is 0.852. The highest BCUT2D eigenvalue weighted by molar-refractivity contribution is 7.89. The molecule has 5 nitrogen and oxygen atoms in total. The second-order valence-corrected chi connectivity index (χ2v) is 7.88. The molecule has 0 radical (unpaired) electrons. The SMILES string of the molecule is CNS(=O)(=O)c1cc(C(=O)NCc2ccc(Cl)cc2Cl)ccc1Cl. The van der Waals surface area contributed by atoms with E-state index < -0.39 is 15.9 Å². The predicted octanol–water partition coefficient (Wildman–Crippen LogP) is 3.48. The molecule has 2 aromatic carbocycles. The summed E-state index contributed by atoms with van der Waals surface area (Å²) in [6.45, 7) is 0.172. The van der Waals surface area contributed by atoms with Crippen LogP contribution in [0.1, 0.15) is 15.9 Å². The molecule has 0 aliphatic carbocycles. The molecule has 2 aromatic rings. The first-order chi connectivity index (χ1) is 11.2. The molecule has 0 aromatic heterocycles. The Morgan fingerprint density at radius 1 is 1.04 bits per heavy atom. The maximum Gasteiger partial charge on any atom is 0.251 e. The number of halogens is 3. The van der Waals surface area contributed by atoms with Crippen molar-refractivity contribution in [2.24, 2.45) is 0 Å². The van der Waals surface area contributed by atoms with Gasteiger partial charge in [-0.15, -0.1) is 0 Å². The van der Waals surface area contributed by atoms with Gasteiger partial charge in [-0.3, -0.25) is 4.79 Å². The van der Waals surface area contributed by atoms with Crippen LogP contribution >= 0.6 is 34.8 Å². The van der Waals surface area contributed by atoms with E-state index in [2.05, 4.69) is 10.0 Å². The summed E-state index contributed by atoms with van der Waals surface area (Å²) in [7, 11) is -2.50. The Morgan fingerprint density at radius 3 is 2.38 bits per heavy atom. The third-order valence-corrected chi connectivity index (χ3v) is 5.69. The molecule has 0 bridgehead atoms. The van der Waals surface area contributed by atoms with Gasteiger partial charge in [-0.25, -0.2) is 13.1 Å². The Bertz CT molecular complexity index is 886. The van der Waals surface area contributed by atoms with Crippen LogP contribution in [0.5, 0.6) is 0 Å². The number of benzene rings is 2. The maximum atomic E-state index is 12.2. The zero-order valence-corrected chi connectivity index (χ0v) is 15.5. The fourth-order valence-electron chi connectivity index (χ4n) is 1.90. The van der Waals surface area contributed by atoms with Crippen LogP contribution in [0, 0.1) is 0 Å². The molecule has 0 atom stereocenters. The first-order valence-corrected chi connectivity index (χ1v) is 9.31. The molecule has 0 saturated carbocycles. The summed E-state index contributed by atoms with van der Waals surface area (Å²) in [5, 5.41) is 3.62. The lowest BCUT2D eigenvalue weighted by molar-refractivity contribution is 0.0950. The minimum atomic E-state index is -3.76. The lowest BCUT2D eigenvalue weighted by Crippen LogP contribution is -2.24. The van der Waals surface area contributed by atoms with Gasteiger partial charge in [-0.2, -0.15) is 0 Å². The van der Waals surface area contributed by atoms with Crippen LogP contribution < -0.4 is 10.0 Å². The molecule has 0 unspecified atom stereocenters. The maximum absolute atomic E-state index is 12.2. The van der Waals surface area contributed by atoms with Crippen LogP contribution in [0.2, 0.25) is 15.1 Å². The molecule has 128 valence electrons. The molecule has 2 N–H and O–H groups in total. The van der Waals surface area contributed by atoms with E-state index in [1.807, 2.05) is 0 Å². The zero-order chi connectivity index (χ0) is 17.9. The van der Waals surface area contributed by atoms with Crippen LogP contribution in [0.25, 0.3) is 0 Å². The van der Waals surface area contributed by atoms with Crippen LogP contribution in [0.15, 0.2) is 41.3 Å². The third kappa shape index (κ3) is 4.40. The highest BCUT2D eigenvalue weighted by atomic mass is 35.5. The standard InChI is InChI=1S/C15H13Cl3N2O3S/c1-19-24(22,23)14-6-9(3-5-12(14)17)15(21)20-8-10-2-4-11(16)7-13(10)18/h2-7,19H,8H2,1H3,(H,20,21). The summed E-state index contributed by atoms with van der Waals surface area (Å²) in [6, 6.07) is 8.95. The zero-order valence-electron chi connectivity index (χ0n) is 12.4. The van der Waals surface area contributed by atoms with E-state index in [0.717, 1.165) is 0 Å². The molecule has 0 aliphatic rings. The lowest BCUT2D eigenvalue weighted by atomic mass is 10.2. The van der Waals surface area contributed by atoms with Crippen LogP contribution in [0.3, 0.4) is 0 Å². The van der Waals surface area contributed by atoms with Crippen LogP contribution in [-0.2, 0) is 16.6 Å².